The molecule has 0 spiro atoms. The number of halogens is 1. The highest BCUT2D eigenvalue weighted by molar-refractivity contribution is 5.95. The van der Waals surface area contributed by atoms with Crippen molar-refractivity contribution in [2.24, 2.45) is 0 Å². The van der Waals surface area contributed by atoms with E-state index in [0.717, 1.165) is 28.8 Å². The zero-order valence-electron chi connectivity index (χ0n) is 17.4. The summed E-state index contributed by atoms with van der Waals surface area (Å²) in [6.45, 7) is 6.90. The average Bonchev–Trinajstić information content (AvgIpc) is 3.30. The fourth-order valence-electron chi connectivity index (χ4n) is 4.07. The Morgan fingerprint density at radius 3 is 2.67 bits per heavy atom. The van der Waals surface area contributed by atoms with E-state index in [1.165, 1.54) is 6.07 Å². The van der Waals surface area contributed by atoms with Gasteiger partial charge in [-0.25, -0.2) is 4.39 Å². The van der Waals surface area contributed by atoms with Crippen LogP contribution in [0.4, 0.5) is 4.39 Å². The van der Waals surface area contributed by atoms with Crippen molar-refractivity contribution in [2.45, 2.75) is 40.3 Å². The number of ether oxygens (including phenoxy) is 2. The quantitative estimate of drug-likeness (QED) is 0.653. The molecule has 4 rings (SSSR count). The summed E-state index contributed by atoms with van der Waals surface area (Å²) in [6.07, 6.45) is 0.810. The number of aromatic nitrogens is 1. The molecule has 2 aromatic carbocycles. The van der Waals surface area contributed by atoms with Gasteiger partial charge in [-0.2, -0.15) is 0 Å². The Balaban J connectivity index is 1.60. The van der Waals surface area contributed by atoms with Crippen LogP contribution in [0.1, 0.15) is 45.4 Å². The molecule has 1 aliphatic heterocycles. The molecule has 1 amide bonds. The summed E-state index contributed by atoms with van der Waals surface area (Å²) in [5.41, 5.74) is 5.11. The summed E-state index contributed by atoms with van der Waals surface area (Å²) >= 11 is 0. The number of hydrogen-bond donors (Lipinski definition) is 1. The van der Waals surface area contributed by atoms with Crippen LogP contribution in [0.25, 0.3) is 0 Å². The molecule has 3 aromatic rings. The minimum absolute atomic E-state index is 0.177. The molecule has 2 heterocycles. The lowest BCUT2D eigenvalue weighted by molar-refractivity contribution is 0.0941. The first-order valence-electron chi connectivity index (χ1n) is 10.1. The van der Waals surface area contributed by atoms with E-state index in [1.807, 2.05) is 42.7 Å². The molecule has 1 aliphatic rings. The SMILES string of the molecule is CCc1c(C)c(C(=O)NCc2ccc3c(c2)OCO3)n(Cc2ccccc2F)c1C. The number of fused-ring (bicyclic) bond motifs is 1. The maximum absolute atomic E-state index is 14.3. The average molecular weight is 408 g/mol. The highest BCUT2D eigenvalue weighted by Crippen LogP contribution is 2.32. The second-order valence-electron chi connectivity index (χ2n) is 7.44. The Labute approximate surface area is 175 Å². The van der Waals surface area contributed by atoms with Gasteiger partial charge in [0.2, 0.25) is 6.79 Å². The first-order chi connectivity index (χ1) is 14.5. The lowest BCUT2D eigenvalue weighted by Crippen LogP contribution is -2.27. The van der Waals surface area contributed by atoms with Crippen LogP contribution < -0.4 is 14.8 Å². The molecule has 0 radical (unpaired) electrons. The summed E-state index contributed by atoms with van der Waals surface area (Å²) in [7, 11) is 0. The van der Waals surface area contributed by atoms with Gasteiger partial charge in [-0.15, -0.1) is 0 Å². The van der Waals surface area contributed by atoms with E-state index in [-0.39, 0.29) is 18.5 Å². The van der Waals surface area contributed by atoms with Gasteiger partial charge in [0, 0.05) is 17.8 Å². The molecule has 5 nitrogen and oxygen atoms in total. The van der Waals surface area contributed by atoms with E-state index in [9.17, 15) is 9.18 Å². The van der Waals surface area contributed by atoms with Crippen LogP contribution >= 0.6 is 0 Å². The van der Waals surface area contributed by atoms with Gasteiger partial charge in [0.1, 0.15) is 11.5 Å². The predicted octanol–water partition coefficient (Wildman–Crippen LogP) is 4.51. The minimum atomic E-state index is -0.270. The molecule has 0 fully saturated rings. The largest absolute Gasteiger partial charge is 0.454 e. The topological polar surface area (TPSA) is 52.5 Å². The third-order valence-corrected chi connectivity index (χ3v) is 5.66. The van der Waals surface area contributed by atoms with E-state index < -0.39 is 0 Å². The molecule has 0 saturated carbocycles. The third-order valence-electron chi connectivity index (χ3n) is 5.66. The molecule has 6 heteroatoms. The standard InChI is InChI=1S/C24H25FN2O3/c1-4-19-15(2)23(27(16(19)3)13-18-7-5-6-8-20(18)25)24(28)26-12-17-9-10-21-22(11-17)30-14-29-21/h5-11H,4,12-14H2,1-3H3,(H,26,28). The summed E-state index contributed by atoms with van der Waals surface area (Å²) in [4.78, 5) is 13.2. The Morgan fingerprint density at radius 2 is 1.90 bits per heavy atom. The molecular weight excluding hydrogens is 383 g/mol. The molecule has 0 bridgehead atoms. The molecule has 156 valence electrons. The fraction of sp³-hybridized carbons (Fsp3) is 0.292. The lowest BCUT2D eigenvalue weighted by Gasteiger charge is -2.14. The maximum Gasteiger partial charge on any atom is 0.268 e. The molecule has 30 heavy (non-hydrogen) atoms. The van der Waals surface area contributed by atoms with Crippen molar-refractivity contribution < 1.29 is 18.7 Å². The molecule has 0 aliphatic carbocycles. The second-order valence-corrected chi connectivity index (χ2v) is 7.44. The number of nitrogens with one attached hydrogen (secondary N) is 1. The Morgan fingerprint density at radius 1 is 1.13 bits per heavy atom. The van der Waals surface area contributed by atoms with Crippen molar-refractivity contribution in [2.75, 3.05) is 6.79 Å². The Hall–Kier alpha value is -3.28. The summed E-state index contributed by atoms with van der Waals surface area (Å²) in [6, 6.07) is 12.3. The number of rotatable bonds is 6. The number of nitrogens with zero attached hydrogens (tertiary/aromatic N) is 1. The van der Waals surface area contributed by atoms with Crippen molar-refractivity contribution in [3.05, 3.63) is 81.9 Å². The monoisotopic (exact) mass is 408 g/mol. The maximum atomic E-state index is 14.3. The molecule has 0 unspecified atom stereocenters. The lowest BCUT2D eigenvalue weighted by atomic mass is 10.1. The van der Waals surface area contributed by atoms with E-state index in [0.29, 0.717) is 35.8 Å². The highest BCUT2D eigenvalue weighted by Gasteiger charge is 2.23. The van der Waals surface area contributed by atoms with Crippen LogP contribution in [-0.2, 0) is 19.5 Å². The Kier molecular flexibility index (Phi) is 5.48. The number of carbonyl (C=O) groups excluding carboxylic acids is 1. The van der Waals surface area contributed by atoms with Gasteiger partial charge in [0.15, 0.2) is 11.5 Å². The fourth-order valence-corrected chi connectivity index (χ4v) is 4.07. The smallest absolute Gasteiger partial charge is 0.268 e. The van der Waals surface area contributed by atoms with Crippen LogP contribution in [0.3, 0.4) is 0 Å². The van der Waals surface area contributed by atoms with E-state index in [1.54, 1.807) is 12.1 Å². The Bertz CT molecular complexity index is 1100. The van der Waals surface area contributed by atoms with Gasteiger partial charge in [-0.1, -0.05) is 31.2 Å². The van der Waals surface area contributed by atoms with E-state index in [4.69, 9.17) is 9.47 Å². The van der Waals surface area contributed by atoms with Crippen molar-refractivity contribution in [1.29, 1.82) is 0 Å². The van der Waals surface area contributed by atoms with Gasteiger partial charge < -0.3 is 19.4 Å². The van der Waals surface area contributed by atoms with Crippen LogP contribution in [0.2, 0.25) is 0 Å². The van der Waals surface area contributed by atoms with Gasteiger partial charge in [0.05, 0.1) is 6.54 Å². The number of hydrogen-bond acceptors (Lipinski definition) is 3. The van der Waals surface area contributed by atoms with Gasteiger partial charge in [-0.05, 0) is 55.2 Å². The van der Waals surface area contributed by atoms with Crippen molar-refractivity contribution in [3.8, 4) is 11.5 Å². The first-order valence-corrected chi connectivity index (χ1v) is 10.1. The molecule has 0 saturated heterocycles. The zero-order chi connectivity index (χ0) is 21.3. The second kappa shape index (κ2) is 8.22. The van der Waals surface area contributed by atoms with Crippen LogP contribution in [0.15, 0.2) is 42.5 Å². The van der Waals surface area contributed by atoms with E-state index >= 15 is 0 Å². The summed E-state index contributed by atoms with van der Waals surface area (Å²) < 4.78 is 26.9. The van der Waals surface area contributed by atoms with Crippen molar-refractivity contribution >= 4 is 5.91 Å². The molecule has 1 aromatic heterocycles. The highest BCUT2D eigenvalue weighted by atomic mass is 19.1. The van der Waals surface area contributed by atoms with E-state index in [2.05, 4.69) is 12.2 Å². The normalized spacial score (nSPS) is 12.3. The molecule has 0 atom stereocenters. The number of amides is 1. The van der Waals surface area contributed by atoms with Gasteiger partial charge >= 0.3 is 0 Å². The van der Waals surface area contributed by atoms with Crippen LogP contribution in [0, 0.1) is 19.7 Å². The molecule has 1 N–H and O–H groups in total. The van der Waals surface area contributed by atoms with Crippen LogP contribution in [-0.4, -0.2) is 17.3 Å². The number of benzene rings is 2. The number of carbonyl (C=O) groups is 1. The third kappa shape index (κ3) is 3.65. The molecular formula is C24H25FN2O3. The zero-order valence-corrected chi connectivity index (χ0v) is 17.4. The van der Waals surface area contributed by atoms with Crippen LogP contribution in [0.5, 0.6) is 11.5 Å². The minimum Gasteiger partial charge on any atom is -0.454 e. The van der Waals surface area contributed by atoms with Gasteiger partial charge in [0.25, 0.3) is 5.91 Å². The summed E-state index contributed by atoms with van der Waals surface area (Å²) in [5, 5.41) is 3.00. The van der Waals surface area contributed by atoms with Crippen molar-refractivity contribution in [1.82, 2.24) is 9.88 Å². The van der Waals surface area contributed by atoms with Crippen molar-refractivity contribution in [3.63, 3.8) is 0 Å². The first kappa shape index (κ1) is 20.0. The predicted molar refractivity (Wildman–Crippen MR) is 113 cm³/mol. The van der Waals surface area contributed by atoms with Gasteiger partial charge in [-0.3, -0.25) is 4.79 Å². The summed E-state index contributed by atoms with van der Waals surface area (Å²) in [5.74, 6) is 0.949.